The van der Waals surface area contributed by atoms with E-state index in [1.54, 1.807) is 25.1 Å². The van der Waals surface area contributed by atoms with Crippen LogP contribution in [0.1, 0.15) is 18.1 Å². The van der Waals surface area contributed by atoms with E-state index in [9.17, 15) is 9.59 Å². The second-order valence-electron chi connectivity index (χ2n) is 6.35. The summed E-state index contributed by atoms with van der Waals surface area (Å²) in [5, 5.41) is 0.990. The number of ether oxygens (including phenoxy) is 1. The first-order chi connectivity index (χ1) is 12.5. The summed E-state index contributed by atoms with van der Waals surface area (Å²) in [5.41, 5.74) is 2.87. The fourth-order valence-electron chi connectivity index (χ4n) is 2.97. The van der Waals surface area contributed by atoms with Crippen LogP contribution in [0.25, 0.3) is 10.9 Å². The molecule has 3 aromatic rings. The number of nitrogens with one attached hydrogen (secondary N) is 1. The molecule has 0 aliphatic rings. The van der Waals surface area contributed by atoms with Crippen LogP contribution in [0.4, 0.5) is 0 Å². The summed E-state index contributed by atoms with van der Waals surface area (Å²) in [6, 6.07) is 17.5. The molecule has 0 fully saturated rings. The van der Waals surface area contributed by atoms with Crippen LogP contribution in [0.5, 0.6) is 0 Å². The van der Waals surface area contributed by atoms with Gasteiger partial charge in [0.15, 0.2) is 6.10 Å². The summed E-state index contributed by atoms with van der Waals surface area (Å²) < 4.78 is 5.35. The van der Waals surface area contributed by atoms with Gasteiger partial charge in [-0.1, -0.05) is 48.5 Å². The lowest BCUT2D eigenvalue weighted by atomic mass is 10.1. The predicted molar refractivity (Wildman–Crippen MR) is 100 cm³/mol. The number of nitrogens with zero attached hydrogens (tertiary/aromatic N) is 1. The van der Waals surface area contributed by atoms with Crippen molar-refractivity contribution in [2.75, 3.05) is 7.05 Å². The Hall–Kier alpha value is -3.08. The highest BCUT2D eigenvalue weighted by atomic mass is 16.5. The molecule has 1 N–H and O–H groups in total. The van der Waals surface area contributed by atoms with Gasteiger partial charge >= 0.3 is 5.97 Å². The molecule has 0 aliphatic heterocycles. The number of likely N-dealkylation sites (N-methyl/N-ethyl adjacent to an activating group) is 1. The first kappa shape index (κ1) is 17.7. The van der Waals surface area contributed by atoms with Crippen LogP contribution >= 0.6 is 0 Å². The molecule has 1 aromatic heterocycles. The number of aromatic nitrogens is 1. The van der Waals surface area contributed by atoms with Crippen molar-refractivity contribution in [2.24, 2.45) is 0 Å². The molecule has 1 amide bonds. The van der Waals surface area contributed by atoms with E-state index < -0.39 is 12.1 Å². The molecular weight excluding hydrogens is 328 g/mol. The molecule has 0 radical (unpaired) electrons. The third-order valence-corrected chi connectivity index (χ3v) is 4.30. The molecule has 0 saturated heterocycles. The van der Waals surface area contributed by atoms with E-state index in [1.165, 1.54) is 0 Å². The number of fused-ring (bicyclic) bond motifs is 1. The Morgan fingerprint density at radius 3 is 2.54 bits per heavy atom. The van der Waals surface area contributed by atoms with Gasteiger partial charge in [0, 0.05) is 30.7 Å². The maximum absolute atomic E-state index is 12.4. The number of hydrogen-bond donors (Lipinski definition) is 1. The Balaban J connectivity index is 1.57. The summed E-state index contributed by atoms with van der Waals surface area (Å²) in [6.45, 7) is 2.08. The van der Waals surface area contributed by atoms with Crippen LogP contribution in [0, 0.1) is 0 Å². The number of carbonyl (C=O) groups excluding carboxylic acids is 2. The van der Waals surface area contributed by atoms with Crippen LogP contribution < -0.4 is 0 Å². The summed E-state index contributed by atoms with van der Waals surface area (Å²) in [4.78, 5) is 29.4. The van der Waals surface area contributed by atoms with Crippen molar-refractivity contribution >= 4 is 22.8 Å². The number of aromatic amines is 1. The summed E-state index contributed by atoms with van der Waals surface area (Å²) >= 11 is 0. The van der Waals surface area contributed by atoms with E-state index in [1.807, 2.05) is 54.6 Å². The van der Waals surface area contributed by atoms with Gasteiger partial charge in [-0.05, 0) is 24.1 Å². The molecule has 1 heterocycles. The minimum atomic E-state index is -0.818. The van der Waals surface area contributed by atoms with Crippen LogP contribution in [-0.4, -0.2) is 34.9 Å². The SMILES string of the molecule is C[C@@H](OC(=O)Cc1c[nH]c2ccccc12)C(=O)N(C)Cc1ccccc1. The first-order valence-corrected chi connectivity index (χ1v) is 8.58. The molecule has 5 nitrogen and oxygen atoms in total. The number of amides is 1. The third-order valence-electron chi connectivity index (χ3n) is 4.30. The number of benzene rings is 2. The average Bonchev–Trinajstić information content (AvgIpc) is 3.04. The van der Waals surface area contributed by atoms with Crippen LogP contribution in [0.3, 0.4) is 0 Å². The van der Waals surface area contributed by atoms with E-state index >= 15 is 0 Å². The van der Waals surface area contributed by atoms with E-state index in [2.05, 4.69) is 4.98 Å². The van der Waals surface area contributed by atoms with Gasteiger partial charge in [0.1, 0.15) is 0 Å². The maximum atomic E-state index is 12.4. The van der Waals surface area contributed by atoms with Gasteiger partial charge in [-0.25, -0.2) is 0 Å². The number of hydrogen-bond acceptors (Lipinski definition) is 3. The topological polar surface area (TPSA) is 62.4 Å². The minimum Gasteiger partial charge on any atom is -0.452 e. The van der Waals surface area contributed by atoms with E-state index in [4.69, 9.17) is 4.74 Å². The van der Waals surface area contributed by atoms with Crippen molar-refractivity contribution < 1.29 is 14.3 Å². The molecule has 0 unspecified atom stereocenters. The van der Waals surface area contributed by atoms with Crippen molar-refractivity contribution in [1.82, 2.24) is 9.88 Å². The van der Waals surface area contributed by atoms with Crippen molar-refractivity contribution in [3.8, 4) is 0 Å². The van der Waals surface area contributed by atoms with Gasteiger partial charge in [0.05, 0.1) is 6.42 Å². The molecular formula is C21H22N2O3. The zero-order chi connectivity index (χ0) is 18.5. The fourth-order valence-corrected chi connectivity index (χ4v) is 2.97. The lowest BCUT2D eigenvalue weighted by molar-refractivity contribution is -0.158. The van der Waals surface area contributed by atoms with E-state index in [-0.39, 0.29) is 12.3 Å². The number of carbonyl (C=O) groups is 2. The second kappa shape index (κ2) is 7.87. The molecule has 0 saturated carbocycles. The third kappa shape index (κ3) is 4.11. The van der Waals surface area contributed by atoms with E-state index in [0.29, 0.717) is 6.54 Å². The van der Waals surface area contributed by atoms with Crippen LogP contribution in [0.15, 0.2) is 60.8 Å². The lowest BCUT2D eigenvalue weighted by Crippen LogP contribution is -2.37. The molecule has 1 atom stereocenters. The Morgan fingerprint density at radius 1 is 1.08 bits per heavy atom. The number of para-hydroxylation sites is 1. The summed E-state index contributed by atoms with van der Waals surface area (Å²) in [6.07, 6.45) is 1.12. The quantitative estimate of drug-likeness (QED) is 0.694. The van der Waals surface area contributed by atoms with Crippen molar-refractivity contribution in [3.63, 3.8) is 0 Å². The minimum absolute atomic E-state index is 0.129. The highest BCUT2D eigenvalue weighted by Gasteiger charge is 2.22. The number of rotatable bonds is 6. The number of H-pyrrole nitrogens is 1. The number of esters is 1. The molecule has 0 aliphatic carbocycles. The molecule has 0 bridgehead atoms. The predicted octanol–water partition coefficient (Wildman–Crippen LogP) is 3.30. The summed E-state index contributed by atoms with van der Waals surface area (Å²) in [7, 11) is 1.71. The van der Waals surface area contributed by atoms with Gasteiger partial charge < -0.3 is 14.6 Å². The van der Waals surface area contributed by atoms with Gasteiger partial charge in [0.2, 0.25) is 0 Å². The summed E-state index contributed by atoms with van der Waals surface area (Å²) in [5.74, 6) is -0.634. The first-order valence-electron chi connectivity index (χ1n) is 8.58. The molecule has 3 rings (SSSR count). The standard InChI is InChI=1S/C21H22N2O3/c1-15(21(25)23(2)14-16-8-4-3-5-9-16)26-20(24)12-17-13-22-19-11-7-6-10-18(17)19/h3-11,13,15,22H,12,14H2,1-2H3/t15-/m1/s1. The normalized spacial score (nSPS) is 11.9. The van der Waals surface area contributed by atoms with Crippen LogP contribution in [-0.2, 0) is 27.3 Å². The van der Waals surface area contributed by atoms with Crippen molar-refractivity contribution in [2.45, 2.75) is 26.0 Å². The smallest absolute Gasteiger partial charge is 0.311 e. The molecule has 2 aromatic carbocycles. The zero-order valence-corrected chi connectivity index (χ0v) is 14.9. The second-order valence-corrected chi connectivity index (χ2v) is 6.35. The van der Waals surface area contributed by atoms with Crippen molar-refractivity contribution in [3.05, 3.63) is 71.9 Å². The van der Waals surface area contributed by atoms with Crippen molar-refractivity contribution in [1.29, 1.82) is 0 Å². The monoisotopic (exact) mass is 350 g/mol. The molecule has 134 valence electrons. The Morgan fingerprint density at radius 2 is 1.77 bits per heavy atom. The Bertz CT molecular complexity index is 902. The molecule has 26 heavy (non-hydrogen) atoms. The fraction of sp³-hybridized carbons (Fsp3) is 0.238. The highest BCUT2D eigenvalue weighted by molar-refractivity contribution is 5.88. The Kier molecular flexibility index (Phi) is 5.37. The van der Waals surface area contributed by atoms with Gasteiger partial charge in [-0.3, -0.25) is 9.59 Å². The largest absolute Gasteiger partial charge is 0.452 e. The van der Waals surface area contributed by atoms with Crippen LogP contribution in [0.2, 0.25) is 0 Å². The maximum Gasteiger partial charge on any atom is 0.311 e. The van der Waals surface area contributed by atoms with Gasteiger partial charge in [-0.15, -0.1) is 0 Å². The van der Waals surface area contributed by atoms with Gasteiger partial charge in [0.25, 0.3) is 5.91 Å². The molecule has 0 spiro atoms. The lowest BCUT2D eigenvalue weighted by Gasteiger charge is -2.21. The highest BCUT2D eigenvalue weighted by Crippen LogP contribution is 2.18. The van der Waals surface area contributed by atoms with Gasteiger partial charge in [-0.2, -0.15) is 0 Å². The Labute approximate surface area is 152 Å². The average molecular weight is 350 g/mol. The molecule has 5 heteroatoms. The zero-order valence-electron chi connectivity index (χ0n) is 14.9. The van der Waals surface area contributed by atoms with E-state index in [0.717, 1.165) is 22.0 Å².